The molecule has 156 valence electrons. The van der Waals surface area contributed by atoms with E-state index in [1.165, 1.54) is 7.11 Å². The number of hydrogen-bond donors (Lipinski definition) is 0. The number of benzene rings is 2. The summed E-state index contributed by atoms with van der Waals surface area (Å²) >= 11 is 0. The molecule has 30 heavy (non-hydrogen) atoms. The van der Waals surface area contributed by atoms with E-state index in [0.717, 1.165) is 0 Å². The van der Waals surface area contributed by atoms with Crippen molar-refractivity contribution in [2.75, 3.05) is 7.11 Å². The summed E-state index contributed by atoms with van der Waals surface area (Å²) in [5, 5.41) is 3.72. The van der Waals surface area contributed by atoms with Crippen LogP contribution < -0.4 is 0 Å². The van der Waals surface area contributed by atoms with Crippen LogP contribution in [0, 0.1) is 0 Å². The van der Waals surface area contributed by atoms with Crippen LogP contribution in [0.4, 0.5) is 0 Å². The van der Waals surface area contributed by atoms with E-state index in [2.05, 4.69) is 10.0 Å². The second-order valence-electron chi connectivity index (χ2n) is 6.61. The summed E-state index contributed by atoms with van der Waals surface area (Å²) in [7, 11) is 1.38. The fourth-order valence-corrected chi connectivity index (χ4v) is 3.19. The number of ether oxygens (including phenoxy) is 4. The quantitative estimate of drug-likeness (QED) is 0.310. The molecule has 3 rings (SSSR count). The highest BCUT2D eigenvalue weighted by Crippen LogP contribution is 2.30. The molecule has 1 aliphatic heterocycles. The van der Waals surface area contributed by atoms with E-state index in [9.17, 15) is 9.59 Å². The summed E-state index contributed by atoms with van der Waals surface area (Å²) in [5.74, 6) is -1.30. The second-order valence-corrected chi connectivity index (χ2v) is 6.61. The zero-order valence-corrected chi connectivity index (χ0v) is 16.5. The van der Waals surface area contributed by atoms with Gasteiger partial charge in [-0.25, -0.2) is 9.59 Å². The van der Waals surface area contributed by atoms with Gasteiger partial charge >= 0.3 is 11.9 Å². The van der Waals surface area contributed by atoms with Crippen molar-refractivity contribution in [1.82, 2.24) is 0 Å². The Balaban J connectivity index is 1.92. The van der Waals surface area contributed by atoms with Crippen molar-refractivity contribution in [3.63, 3.8) is 0 Å². The third-order valence-corrected chi connectivity index (χ3v) is 4.68. The molecule has 0 radical (unpaired) electrons. The zero-order chi connectivity index (χ0) is 21.5. The van der Waals surface area contributed by atoms with Crippen LogP contribution >= 0.6 is 0 Å². The van der Waals surface area contributed by atoms with Crippen LogP contribution in [0.5, 0.6) is 0 Å². The van der Waals surface area contributed by atoms with Gasteiger partial charge in [-0.05, 0) is 36.7 Å². The van der Waals surface area contributed by atoms with E-state index >= 15 is 0 Å². The summed E-state index contributed by atoms with van der Waals surface area (Å²) in [5.41, 5.74) is 9.61. The Hall–Kier alpha value is -3.39. The molecule has 0 spiro atoms. The van der Waals surface area contributed by atoms with Gasteiger partial charge in [0.15, 0.2) is 18.5 Å². The summed E-state index contributed by atoms with van der Waals surface area (Å²) in [6, 6.07) is 15.7. The number of carbonyl (C=O) groups is 2. The third-order valence-electron chi connectivity index (χ3n) is 4.68. The highest BCUT2D eigenvalue weighted by molar-refractivity contribution is 5.90. The fourth-order valence-electron chi connectivity index (χ4n) is 3.19. The van der Waals surface area contributed by atoms with E-state index in [1.807, 2.05) is 0 Å². The molecule has 2 aromatic rings. The van der Waals surface area contributed by atoms with E-state index in [0.29, 0.717) is 11.1 Å². The standard InChI is InChI=1S/C21H21N3O6/c1-13-16(23-24-22)17(29-19(25)14-9-5-3-6-10-14)18(21(27-2)28-13)30-20(26)15-11-7-4-8-12-15/h3-13,16-18,21H,1-2H3/t13-,16+,17+,18-,21+/m1/s1. The van der Waals surface area contributed by atoms with E-state index in [-0.39, 0.29) is 0 Å². The van der Waals surface area contributed by atoms with Crippen molar-refractivity contribution in [2.45, 2.75) is 37.6 Å². The average molecular weight is 411 g/mol. The normalized spacial score (nSPS) is 25.6. The Labute approximate surface area is 173 Å². The van der Waals surface area contributed by atoms with E-state index in [4.69, 9.17) is 24.5 Å². The van der Waals surface area contributed by atoms with Crippen molar-refractivity contribution in [3.05, 3.63) is 82.2 Å². The average Bonchev–Trinajstić information content (AvgIpc) is 2.78. The van der Waals surface area contributed by atoms with Crippen molar-refractivity contribution in [3.8, 4) is 0 Å². The lowest BCUT2D eigenvalue weighted by molar-refractivity contribution is -0.259. The van der Waals surface area contributed by atoms with Gasteiger partial charge in [0.1, 0.15) is 6.04 Å². The molecular formula is C21H21N3O6. The molecule has 0 amide bonds. The van der Waals surface area contributed by atoms with Gasteiger partial charge in [0.2, 0.25) is 0 Å². The molecule has 2 aromatic carbocycles. The molecule has 0 N–H and O–H groups in total. The van der Waals surface area contributed by atoms with E-state index < -0.39 is 42.6 Å². The number of azide groups is 1. The van der Waals surface area contributed by atoms with Gasteiger partial charge in [0.05, 0.1) is 17.2 Å². The van der Waals surface area contributed by atoms with Crippen LogP contribution in [-0.4, -0.2) is 49.7 Å². The van der Waals surface area contributed by atoms with Gasteiger partial charge in [-0.15, -0.1) is 0 Å². The van der Waals surface area contributed by atoms with Gasteiger partial charge in [-0.1, -0.05) is 41.5 Å². The second kappa shape index (κ2) is 9.89. The predicted octanol–water partition coefficient (Wildman–Crippen LogP) is 3.51. The minimum absolute atomic E-state index is 0.304. The maximum atomic E-state index is 12.7. The lowest BCUT2D eigenvalue weighted by Gasteiger charge is -2.42. The molecule has 9 heteroatoms. The van der Waals surface area contributed by atoms with E-state index in [1.54, 1.807) is 67.6 Å². The number of esters is 2. The topological polar surface area (TPSA) is 120 Å². The van der Waals surface area contributed by atoms with Gasteiger partial charge in [-0.2, -0.15) is 0 Å². The summed E-state index contributed by atoms with van der Waals surface area (Å²) in [6.45, 7) is 1.66. The maximum absolute atomic E-state index is 12.7. The molecule has 0 aromatic heterocycles. The minimum atomic E-state index is -1.15. The first-order valence-electron chi connectivity index (χ1n) is 9.29. The Morgan fingerprint density at radius 3 is 1.90 bits per heavy atom. The SMILES string of the molecule is CO[C@H]1O[C@H](C)[C@H](N=[N+]=[N-])[C@H](OC(=O)c2ccccc2)[C@H]1OC(=O)c1ccccc1. The number of hydrogen-bond acceptors (Lipinski definition) is 7. The van der Waals surface area contributed by atoms with Crippen LogP contribution in [0.2, 0.25) is 0 Å². The zero-order valence-electron chi connectivity index (χ0n) is 16.5. The van der Waals surface area contributed by atoms with Gasteiger partial charge in [0.25, 0.3) is 0 Å². The molecule has 5 atom stereocenters. The number of rotatable bonds is 6. The highest BCUT2D eigenvalue weighted by Gasteiger charge is 2.49. The van der Waals surface area contributed by atoms with Crippen LogP contribution in [0.15, 0.2) is 65.8 Å². The van der Waals surface area contributed by atoms with Gasteiger partial charge in [0, 0.05) is 12.0 Å². The lowest BCUT2D eigenvalue weighted by Crippen LogP contribution is -2.59. The molecule has 0 bridgehead atoms. The molecule has 1 saturated heterocycles. The van der Waals surface area contributed by atoms with Gasteiger partial charge < -0.3 is 18.9 Å². The molecular weight excluding hydrogens is 390 g/mol. The van der Waals surface area contributed by atoms with Crippen LogP contribution in [0.1, 0.15) is 27.6 Å². The Kier molecular flexibility index (Phi) is 7.03. The number of carbonyl (C=O) groups excluding carboxylic acids is 2. The third kappa shape index (κ3) is 4.77. The molecule has 0 unspecified atom stereocenters. The first kappa shape index (κ1) is 21.3. The van der Waals surface area contributed by atoms with Crippen LogP contribution in [0.3, 0.4) is 0 Å². The Bertz CT molecular complexity index is 917. The molecule has 1 heterocycles. The molecule has 0 saturated carbocycles. The summed E-state index contributed by atoms with van der Waals surface area (Å²) in [6.07, 6.45) is -3.94. The van der Waals surface area contributed by atoms with Crippen LogP contribution in [0.25, 0.3) is 10.4 Å². The number of methoxy groups -OCH3 is 1. The molecule has 9 nitrogen and oxygen atoms in total. The Morgan fingerprint density at radius 2 is 1.43 bits per heavy atom. The minimum Gasteiger partial charge on any atom is -0.454 e. The number of nitrogens with zero attached hydrogens (tertiary/aromatic N) is 3. The monoisotopic (exact) mass is 411 g/mol. The first-order valence-corrected chi connectivity index (χ1v) is 9.29. The summed E-state index contributed by atoms with van der Waals surface area (Å²) in [4.78, 5) is 28.2. The largest absolute Gasteiger partial charge is 0.454 e. The van der Waals surface area contributed by atoms with Crippen LogP contribution in [-0.2, 0) is 18.9 Å². The lowest BCUT2D eigenvalue weighted by atomic mass is 9.97. The fraction of sp³-hybridized carbons (Fsp3) is 0.333. The Morgan fingerprint density at radius 1 is 0.933 bits per heavy atom. The first-order chi connectivity index (χ1) is 14.5. The van der Waals surface area contributed by atoms with Crippen molar-refractivity contribution in [2.24, 2.45) is 5.11 Å². The predicted molar refractivity (Wildman–Crippen MR) is 106 cm³/mol. The summed E-state index contributed by atoms with van der Waals surface area (Å²) < 4.78 is 22.3. The van der Waals surface area contributed by atoms with Gasteiger partial charge in [-0.3, -0.25) is 0 Å². The maximum Gasteiger partial charge on any atom is 0.338 e. The highest BCUT2D eigenvalue weighted by atomic mass is 16.7. The van der Waals surface area contributed by atoms with Crippen molar-refractivity contribution in [1.29, 1.82) is 0 Å². The van der Waals surface area contributed by atoms with Crippen molar-refractivity contribution >= 4 is 11.9 Å². The molecule has 0 aliphatic carbocycles. The van der Waals surface area contributed by atoms with Crippen molar-refractivity contribution < 1.29 is 28.5 Å². The molecule has 1 fully saturated rings. The smallest absolute Gasteiger partial charge is 0.338 e. The molecule has 1 aliphatic rings.